The molecule has 2 N–H and O–H groups in total. The largest absolute Gasteiger partial charge is 0.491 e. The third-order valence-corrected chi connectivity index (χ3v) is 4.27. The first kappa shape index (κ1) is 20.5. The van der Waals surface area contributed by atoms with E-state index in [1.54, 1.807) is 13.2 Å². The van der Waals surface area contributed by atoms with E-state index in [9.17, 15) is 0 Å². The van der Waals surface area contributed by atoms with E-state index in [0.29, 0.717) is 24.9 Å². The zero-order valence-electron chi connectivity index (χ0n) is 17.4. The lowest BCUT2D eigenvalue weighted by atomic mass is 10.1. The third-order valence-electron chi connectivity index (χ3n) is 4.27. The van der Waals surface area contributed by atoms with Crippen LogP contribution in [0.3, 0.4) is 0 Å². The monoisotopic (exact) mass is 392 g/mol. The molecule has 1 heterocycles. The number of guanidine groups is 1. The summed E-state index contributed by atoms with van der Waals surface area (Å²) in [5, 5.41) is 6.55. The number of hydrogen-bond acceptors (Lipinski definition) is 4. The fraction of sp³-hybridized carbons (Fsp3) is 0.304. The van der Waals surface area contributed by atoms with E-state index in [1.807, 2.05) is 44.2 Å². The molecule has 0 bridgehead atoms. The van der Waals surface area contributed by atoms with Gasteiger partial charge in [-0.3, -0.25) is 4.99 Å². The van der Waals surface area contributed by atoms with Crippen molar-refractivity contribution in [2.24, 2.45) is 4.99 Å². The average molecular weight is 393 g/mol. The van der Waals surface area contributed by atoms with Gasteiger partial charge in [0.2, 0.25) is 5.89 Å². The second-order valence-electron chi connectivity index (χ2n) is 7.04. The van der Waals surface area contributed by atoms with Crippen LogP contribution in [0.2, 0.25) is 0 Å². The van der Waals surface area contributed by atoms with Crippen molar-refractivity contribution in [3.05, 3.63) is 71.7 Å². The van der Waals surface area contributed by atoms with Crippen molar-refractivity contribution in [2.75, 3.05) is 7.05 Å². The van der Waals surface area contributed by atoms with Gasteiger partial charge in [-0.05, 0) is 32.4 Å². The van der Waals surface area contributed by atoms with Gasteiger partial charge >= 0.3 is 0 Å². The van der Waals surface area contributed by atoms with E-state index < -0.39 is 0 Å². The van der Waals surface area contributed by atoms with Gasteiger partial charge in [0.25, 0.3) is 0 Å². The van der Waals surface area contributed by atoms with E-state index in [0.717, 1.165) is 22.6 Å². The number of benzene rings is 2. The lowest BCUT2D eigenvalue weighted by molar-refractivity contribution is 0.239. The lowest BCUT2D eigenvalue weighted by Gasteiger charge is -2.16. The molecule has 3 rings (SSSR count). The van der Waals surface area contributed by atoms with Crippen LogP contribution in [-0.4, -0.2) is 24.1 Å². The summed E-state index contributed by atoms with van der Waals surface area (Å²) < 4.78 is 11.8. The molecule has 0 saturated heterocycles. The first-order chi connectivity index (χ1) is 14.0. The molecular formula is C23H28N4O2. The highest BCUT2D eigenvalue weighted by molar-refractivity contribution is 5.79. The molecule has 0 saturated carbocycles. The molecule has 0 aliphatic rings. The van der Waals surface area contributed by atoms with Crippen molar-refractivity contribution in [1.82, 2.24) is 15.6 Å². The lowest BCUT2D eigenvalue weighted by Crippen LogP contribution is -2.36. The number of aryl methyl sites for hydroxylation is 1. The number of nitrogens with zero attached hydrogens (tertiary/aromatic N) is 2. The Morgan fingerprint density at radius 2 is 1.86 bits per heavy atom. The van der Waals surface area contributed by atoms with Crippen molar-refractivity contribution in [3.63, 3.8) is 0 Å². The maximum absolute atomic E-state index is 5.94. The predicted octanol–water partition coefficient (Wildman–Crippen LogP) is 4.30. The first-order valence-electron chi connectivity index (χ1n) is 9.76. The molecule has 6 nitrogen and oxygen atoms in total. The maximum Gasteiger partial charge on any atom is 0.214 e. The molecule has 29 heavy (non-hydrogen) atoms. The minimum absolute atomic E-state index is 0.122. The van der Waals surface area contributed by atoms with Crippen molar-refractivity contribution >= 4 is 5.96 Å². The van der Waals surface area contributed by atoms with Gasteiger partial charge in [-0.25, -0.2) is 4.98 Å². The highest BCUT2D eigenvalue weighted by Gasteiger charge is 2.09. The van der Waals surface area contributed by atoms with Crippen LogP contribution in [0.4, 0.5) is 0 Å². The van der Waals surface area contributed by atoms with E-state index in [4.69, 9.17) is 9.15 Å². The molecule has 0 aliphatic heterocycles. The topological polar surface area (TPSA) is 71.7 Å². The van der Waals surface area contributed by atoms with Crippen LogP contribution in [-0.2, 0) is 13.1 Å². The fourth-order valence-electron chi connectivity index (χ4n) is 2.86. The molecule has 0 radical (unpaired) electrons. The summed E-state index contributed by atoms with van der Waals surface area (Å²) in [5.74, 6) is 2.91. The molecule has 0 spiro atoms. The highest BCUT2D eigenvalue weighted by atomic mass is 16.5. The molecule has 3 aromatic rings. The van der Waals surface area contributed by atoms with Crippen LogP contribution in [0.1, 0.15) is 30.9 Å². The van der Waals surface area contributed by atoms with Gasteiger partial charge in [-0.1, -0.05) is 42.5 Å². The Labute approximate surface area is 172 Å². The van der Waals surface area contributed by atoms with E-state index in [2.05, 4.69) is 45.7 Å². The average Bonchev–Trinajstić information content (AvgIpc) is 3.19. The van der Waals surface area contributed by atoms with Crippen molar-refractivity contribution in [1.29, 1.82) is 0 Å². The Bertz CT molecular complexity index is 949. The summed E-state index contributed by atoms with van der Waals surface area (Å²) in [7, 11) is 1.74. The molecule has 6 heteroatoms. The van der Waals surface area contributed by atoms with Gasteiger partial charge in [0, 0.05) is 24.7 Å². The smallest absolute Gasteiger partial charge is 0.214 e. The van der Waals surface area contributed by atoms with Crippen LogP contribution >= 0.6 is 0 Å². The van der Waals surface area contributed by atoms with Gasteiger partial charge in [-0.15, -0.1) is 0 Å². The molecular weight excluding hydrogens is 364 g/mol. The predicted molar refractivity (Wildman–Crippen MR) is 116 cm³/mol. The van der Waals surface area contributed by atoms with Crippen LogP contribution in [0.15, 0.2) is 64.1 Å². The van der Waals surface area contributed by atoms with E-state index >= 15 is 0 Å². The summed E-state index contributed by atoms with van der Waals surface area (Å²) in [6.45, 7) is 7.16. The summed E-state index contributed by atoms with van der Waals surface area (Å²) in [4.78, 5) is 8.62. The number of ether oxygens (including phenoxy) is 1. The molecule has 152 valence electrons. The zero-order valence-corrected chi connectivity index (χ0v) is 17.4. The summed E-state index contributed by atoms with van der Waals surface area (Å²) >= 11 is 0. The standard InChI is InChI=1S/C23H28N4O2/c1-16(2)28-20-12-17(3)10-11-19(20)13-26-23(24-4)27-15-22-25-14-21(29-22)18-8-6-5-7-9-18/h5-12,14,16H,13,15H2,1-4H3,(H2,24,26,27). The summed E-state index contributed by atoms with van der Waals surface area (Å²) in [6.07, 6.45) is 1.86. The minimum Gasteiger partial charge on any atom is -0.491 e. The van der Waals surface area contributed by atoms with Crippen molar-refractivity contribution in [2.45, 2.75) is 40.0 Å². The van der Waals surface area contributed by atoms with Crippen LogP contribution in [0, 0.1) is 6.92 Å². The maximum atomic E-state index is 5.94. The molecule has 0 aliphatic carbocycles. The van der Waals surface area contributed by atoms with Crippen molar-refractivity contribution in [3.8, 4) is 17.1 Å². The molecule has 0 amide bonds. The molecule has 0 fully saturated rings. The Balaban J connectivity index is 1.58. The molecule has 1 aromatic heterocycles. The van der Waals surface area contributed by atoms with Crippen LogP contribution in [0.25, 0.3) is 11.3 Å². The van der Waals surface area contributed by atoms with Crippen LogP contribution in [0.5, 0.6) is 5.75 Å². The normalized spacial score (nSPS) is 11.6. The number of nitrogens with one attached hydrogen (secondary N) is 2. The van der Waals surface area contributed by atoms with Gasteiger partial charge in [0.1, 0.15) is 5.75 Å². The fourth-order valence-corrected chi connectivity index (χ4v) is 2.86. The molecule has 0 atom stereocenters. The Morgan fingerprint density at radius 3 is 2.59 bits per heavy atom. The quantitative estimate of drug-likeness (QED) is 0.463. The number of aromatic nitrogens is 1. The number of hydrogen-bond donors (Lipinski definition) is 2. The molecule has 2 aromatic carbocycles. The van der Waals surface area contributed by atoms with E-state index in [-0.39, 0.29) is 6.10 Å². The summed E-state index contributed by atoms with van der Waals surface area (Å²) in [5.41, 5.74) is 3.26. The van der Waals surface area contributed by atoms with E-state index in [1.165, 1.54) is 5.56 Å². The Kier molecular flexibility index (Phi) is 6.89. The zero-order chi connectivity index (χ0) is 20.6. The first-order valence-corrected chi connectivity index (χ1v) is 9.76. The van der Waals surface area contributed by atoms with Crippen molar-refractivity contribution < 1.29 is 9.15 Å². The van der Waals surface area contributed by atoms with Crippen LogP contribution < -0.4 is 15.4 Å². The van der Waals surface area contributed by atoms with Gasteiger partial charge in [-0.2, -0.15) is 0 Å². The minimum atomic E-state index is 0.122. The Hall–Kier alpha value is -3.28. The van der Waals surface area contributed by atoms with Gasteiger partial charge in [0.15, 0.2) is 11.7 Å². The Morgan fingerprint density at radius 1 is 1.10 bits per heavy atom. The highest BCUT2D eigenvalue weighted by Crippen LogP contribution is 2.22. The second-order valence-corrected chi connectivity index (χ2v) is 7.04. The van der Waals surface area contributed by atoms with Gasteiger partial charge < -0.3 is 19.8 Å². The summed E-state index contributed by atoms with van der Waals surface area (Å²) in [6, 6.07) is 16.1. The number of aliphatic imine (C=N–C) groups is 1. The van der Waals surface area contributed by atoms with Gasteiger partial charge in [0.05, 0.1) is 18.8 Å². The third kappa shape index (κ3) is 5.85. The SMILES string of the molecule is CN=C(NCc1ncc(-c2ccccc2)o1)NCc1ccc(C)cc1OC(C)C. The number of oxazole rings is 1. The second kappa shape index (κ2) is 9.78. The molecule has 0 unspecified atom stereocenters. The number of rotatable bonds is 7.